The molecule has 31 heavy (non-hydrogen) atoms. The third-order valence-corrected chi connectivity index (χ3v) is 7.99. The fraction of sp³-hybridized carbons (Fsp3) is 0.333. The monoisotopic (exact) mass is 463 g/mol. The molecule has 1 N–H and O–H groups in total. The van der Waals surface area contributed by atoms with Crippen LogP contribution in [0.2, 0.25) is 5.02 Å². The number of nitrogens with one attached hydrogen (secondary N) is 1. The molecule has 3 heterocycles. The maximum Gasteiger partial charge on any atom is 0.245 e. The molecule has 3 aromatic rings. The van der Waals surface area contributed by atoms with Crippen molar-refractivity contribution in [1.82, 2.24) is 9.29 Å². The van der Waals surface area contributed by atoms with E-state index in [1.54, 1.807) is 18.2 Å². The van der Waals surface area contributed by atoms with Gasteiger partial charge in [-0.3, -0.25) is 4.79 Å². The Bertz CT molecular complexity index is 1300. The Hall–Kier alpha value is -2.49. The average Bonchev–Trinajstić information content (AvgIpc) is 3.16. The van der Waals surface area contributed by atoms with Gasteiger partial charge in [0.15, 0.2) is 11.5 Å². The smallest absolute Gasteiger partial charge is 0.245 e. The van der Waals surface area contributed by atoms with Gasteiger partial charge in [-0.1, -0.05) is 11.6 Å². The minimum Gasteiger partial charge on any atom is -0.440 e. The lowest BCUT2D eigenvalue weighted by molar-refractivity contribution is -0.116. The van der Waals surface area contributed by atoms with Gasteiger partial charge in [-0.05, 0) is 55.2 Å². The van der Waals surface area contributed by atoms with Crippen LogP contribution in [0.4, 0.5) is 10.1 Å². The highest BCUT2D eigenvalue weighted by Gasteiger charge is 2.34. The largest absolute Gasteiger partial charge is 0.440 e. The van der Waals surface area contributed by atoms with Crippen LogP contribution >= 0.6 is 11.6 Å². The molecule has 0 spiro atoms. The van der Waals surface area contributed by atoms with Crippen molar-refractivity contribution in [3.63, 3.8) is 0 Å². The van der Waals surface area contributed by atoms with Crippen LogP contribution in [0.3, 0.4) is 0 Å². The van der Waals surface area contributed by atoms with E-state index in [0.717, 1.165) is 6.07 Å². The number of halogens is 2. The summed E-state index contributed by atoms with van der Waals surface area (Å²) >= 11 is 6.00. The van der Waals surface area contributed by atoms with Crippen molar-refractivity contribution in [1.29, 1.82) is 0 Å². The first-order valence-corrected chi connectivity index (χ1v) is 11.8. The van der Waals surface area contributed by atoms with E-state index < -0.39 is 15.8 Å². The van der Waals surface area contributed by atoms with E-state index in [2.05, 4.69) is 10.3 Å². The summed E-state index contributed by atoms with van der Waals surface area (Å²) < 4.78 is 48.0. The number of sulfonamides is 1. The molecular formula is C21H19ClFN3O4S. The van der Waals surface area contributed by atoms with Crippen LogP contribution in [-0.2, 0) is 21.2 Å². The molecule has 2 aromatic carbocycles. The highest BCUT2D eigenvalue weighted by molar-refractivity contribution is 7.89. The Morgan fingerprint density at radius 2 is 1.94 bits per heavy atom. The molecule has 0 unspecified atom stereocenters. The fourth-order valence-corrected chi connectivity index (χ4v) is 5.89. The first kappa shape index (κ1) is 20.4. The molecule has 10 heteroatoms. The van der Waals surface area contributed by atoms with Gasteiger partial charge in [0.25, 0.3) is 0 Å². The molecule has 1 fully saturated rings. The van der Waals surface area contributed by atoms with Crippen LogP contribution in [0.1, 0.15) is 36.6 Å². The third-order valence-electron chi connectivity index (χ3n) is 5.84. The molecule has 0 bridgehead atoms. The third kappa shape index (κ3) is 3.71. The molecule has 7 nitrogen and oxygen atoms in total. The van der Waals surface area contributed by atoms with Crippen molar-refractivity contribution in [3.05, 3.63) is 52.6 Å². The minimum atomic E-state index is -4.00. The molecular weight excluding hydrogens is 445 g/mol. The van der Waals surface area contributed by atoms with E-state index in [1.807, 2.05) is 0 Å². The summed E-state index contributed by atoms with van der Waals surface area (Å²) in [6, 6.07) is 7.65. The lowest BCUT2D eigenvalue weighted by Crippen LogP contribution is -2.38. The number of aryl methyl sites for hydroxylation is 1. The highest BCUT2D eigenvalue weighted by Crippen LogP contribution is 2.34. The van der Waals surface area contributed by atoms with Crippen LogP contribution in [-0.4, -0.2) is 36.7 Å². The lowest BCUT2D eigenvalue weighted by atomic mass is 9.98. The van der Waals surface area contributed by atoms with E-state index in [1.165, 1.54) is 10.4 Å². The zero-order valence-electron chi connectivity index (χ0n) is 16.4. The second-order valence-electron chi connectivity index (χ2n) is 7.83. The maximum absolute atomic E-state index is 14.7. The molecule has 1 saturated heterocycles. The summed E-state index contributed by atoms with van der Waals surface area (Å²) in [6.07, 6.45) is 1.66. The van der Waals surface area contributed by atoms with Gasteiger partial charge in [0, 0.05) is 36.1 Å². The van der Waals surface area contributed by atoms with E-state index in [0.29, 0.717) is 52.5 Å². The predicted octanol–water partition coefficient (Wildman–Crippen LogP) is 4.07. The molecule has 5 rings (SSSR count). The van der Waals surface area contributed by atoms with Gasteiger partial charge in [-0.15, -0.1) is 0 Å². The number of benzene rings is 2. The average molecular weight is 464 g/mol. The van der Waals surface area contributed by atoms with Crippen LogP contribution in [0.25, 0.3) is 11.1 Å². The molecule has 2 aliphatic heterocycles. The summed E-state index contributed by atoms with van der Waals surface area (Å²) in [5.74, 6) is -0.531. The van der Waals surface area contributed by atoms with Crippen molar-refractivity contribution in [2.45, 2.75) is 36.5 Å². The second-order valence-corrected chi connectivity index (χ2v) is 10.2. The van der Waals surface area contributed by atoms with Crippen molar-refractivity contribution >= 4 is 44.3 Å². The Balaban J connectivity index is 1.35. The van der Waals surface area contributed by atoms with Gasteiger partial charge in [0.2, 0.25) is 15.9 Å². The SMILES string of the molecule is O=C1CCc2cc(S(=O)(=O)N3CCC(c4nc5cc(Cl)ccc5o4)CC3)c(F)cc2N1. The number of rotatable bonds is 3. The van der Waals surface area contributed by atoms with Crippen molar-refractivity contribution in [2.75, 3.05) is 18.4 Å². The number of fused-ring (bicyclic) bond motifs is 2. The number of hydrogen-bond donors (Lipinski definition) is 1. The quantitative estimate of drug-likeness (QED) is 0.632. The van der Waals surface area contributed by atoms with Gasteiger partial charge < -0.3 is 9.73 Å². The molecule has 1 amide bonds. The molecule has 2 aliphatic rings. The van der Waals surface area contributed by atoms with E-state index in [-0.39, 0.29) is 36.2 Å². The Labute approximate surface area is 183 Å². The standard InChI is InChI=1S/C21H19ClFN3O4S/c22-14-2-3-18-17(10-14)25-21(30-18)12-5-7-26(8-6-12)31(28,29)19-9-13-1-4-20(27)24-16(13)11-15(19)23/h2-3,9-12H,1,4-8H2,(H,24,27). The van der Waals surface area contributed by atoms with Gasteiger partial charge in [0.1, 0.15) is 16.2 Å². The van der Waals surface area contributed by atoms with Crippen molar-refractivity contribution < 1.29 is 22.0 Å². The van der Waals surface area contributed by atoms with Crippen LogP contribution in [0.15, 0.2) is 39.6 Å². The minimum absolute atomic E-state index is 0.0267. The number of carbonyl (C=O) groups excluding carboxylic acids is 1. The normalized spacial score (nSPS) is 18.2. The first-order valence-electron chi connectivity index (χ1n) is 10.00. The summed E-state index contributed by atoms with van der Waals surface area (Å²) in [5.41, 5.74) is 2.26. The molecule has 1 aromatic heterocycles. The van der Waals surface area contributed by atoms with Gasteiger partial charge >= 0.3 is 0 Å². The Morgan fingerprint density at radius 1 is 1.16 bits per heavy atom. The number of aromatic nitrogens is 1. The summed E-state index contributed by atoms with van der Waals surface area (Å²) in [7, 11) is -4.00. The number of nitrogens with zero attached hydrogens (tertiary/aromatic N) is 2. The van der Waals surface area contributed by atoms with E-state index >= 15 is 0 Å². The Morgan fingerprint density at radius 3 is 2.71 bits per heavy atom. The van der Waals surface area contributed by atoms with Gasteiger partial charge in [-0.25, -0.2) is 17.8 Å². The summed E-state index contributed by atoms with van der Waals surface area (Å²) in [6.45, 7) is 0.472. The van der Waals surface area contributed by atoms with Crippen molar-refractivity contribution in [2.24, 2.45) is 0 Å². The number of amides is 1. The lowest BCUT2D eigenvalue weighted by Gasteiger charge is -2.30. The van der Waals surface area contributed by atoms with Crippen LogP contribution in [0.5, 0.6) is 0 Å². The molecule has 162 valence electrons. The highest BCUT2D eigenvalue weighted by atomic mass is 35.5. The number of carbonyl (C=O) groups is 1. The first-order chi connectivity index (χ1) is 14.8. The molecule has 0 atom stereocenters. The fourth-order valence-electron chi connectivity index (χ4n) is 4.15. The number of anilines is 1. The molecule has 0 radical (unpaired) electrons. The predicted molar refractivity (Wildman–Crippen MR) is 113 cm³/mol. The van der Waals surface area contributed by atoms with Crippen molar-refractivity contribution in [3.8, 4) is 0 Å². The van der Waals surface area contributed by atoms with Crippen LogP contribution in [0, 0.1) is 5.82 Å². The summed E-state index contributed by atoms with van der Waals surface area (Å²) in [4.78, 5) is 15.7. The summed E-state index contributed by atoms with van der Waals surface area (Å²) in [5, 5.41) is 3.15. The second kappa shape index (κ2) is 7.58. The number of piperidine rings is 1. The van der Waals surface area contributed by atoms with E-state index in [9.17, 15) is 17.6 Å². The molecule has 0 saturated carbocycles. The number of oxazole rings is 1. The van der Waals surface area contributed by atoms with Crippen LogP contribution < -0.4 is 5.32 Å². The van der Waals surface area contributed by atoms with Gasteiger partial charge in [0.05, 0.1) is 0 Å². The Kier molecular flexibility index (Phi) is 4.99. The zero-order chi connectivity index (χ0) is 21.8. The number of hydrogen-bond acceptors (Lipinski definition) is 5. The zero-order valence-corrected chi connectivity index (χ0v) is 18.0. The van der Waals surface area contributed by atoms with Gasteiger partial charge in [-0.2, -0.15) is 4.31 Å². The van der Waals surface area contributed by atoms with E-state index in [4.69, 9.17) is 16.0 Å². The topological polar surface area (TPSA) is 92.5 Å². The maximum atomic E-state index is 14.7. The molecule has 0 aliphatic carbocycles.